The molecule has 0 aliphatic carbocycles. The van der Waals surface area contributed by atoms with Gasteiger partial charge in [0.05, 0.1) is 0 Å². The van der Waals surface area contributed by atoms with Crippen LogP contribution in [0.25, 0.3) is 0 Å². The summed E-state index contributed by atoms with van der Waals surface area (Å²) in [6, 6.07) is 25.4. The number of carbonyl (C=O) groups excluding carboxylic acids is 1. The molecule has 0 saturated heterocycles. The molecule has 0 heterocycles. The Kier molecular flexibility index (Phi) is 7.09. The molecule has 0 fully saturated rings. The maximum Gasteiger partial charge on any atom is 0.244 e. The van der Waals surface area contributed by atoms with E-state index >= 15 is 0 Å². The highest BCUT2D eigenvalue weighted by Gasteiger charge is 2.16. The second-order valence-electron chi connectivity index (χ2n) is 6.84. The molecular weight excluding hydrogens is 380 g/mol. The lowest BCUT2D eigenvalue weighted by Gasteiger charge is -2.26. The van der Waals surface area contributed by atoms with E-state index in [9.17, 15) is 9.90 Å². The highest BCUT2D eigenvalue weighted by atomic mass is 32.2. The number of aromatic hydroxyl groups is 1. The minimum Gasteiger partial charge on any atom is -0.508 e. The predicted molar refractivity (Wildman–Crippen MR) is 119 cm³/mol. The number of benzene rings is 3. The summed E-state index contributed by atoms with van der Waals surface area (Å²) in [6.45, 7) is 4.70. The van der Waals surface area contributed by atoms with Crippen LogP contribution in [0.15, 0.2) is 88.8 Å². The fraction of sp³-hybridized carbons (Fsp3) is 0.167. The molecule has 0 unspecified atom stereocenters. The Morgan fingerprint density at radius 2 is 1.48 bits per heavy atom. The van der Waals surface area contributed by atoms with Gasteiger partial charge in [0.15, 0.2) is 5.17 Å². The lowest BCUT2D eigenvalue weighted by molar-refractivity contribution is -0.115. The van der Waals surface area contributed by atoms with Crippen LogP contribution in [0.2, 0.25) is 0 Å². The number of hydrogen-bond donors (Lipinski definition) is 1. The van der Waals surface area contributed by atoms with Crippen molar-refractivity contribution in [1.29, 1.82) is 0 Å². The van der Waals surface area contributed by atoms with E-state index in [-0.39, 0.29) is 11.7 Å². The fourth-order valence-corrected chi connectivity index (χ4v) is 3.74. The van der Waals surface area contributed by atoms with E-state index in [1.54, 1.807) is 12.1 Å². The number of carbonyl (C=O) groups is 1. The minimum atomic E-state index is -0.233. The molecule has 0 aliphatic heterocycles. The van der Waals surface area contributed by atoms with Crippen molar-refractivity contribution in [2.75, 3.05) is 0 Å². The van der Waals surface area contributed by atoms with Crippen LogP contribution in [-0.2, 0) is 17.9 Å². The smallest absolute Gasteiger partial charge is 0.244 e. The molecule has 0 atom stereocenters. The summed E-state index contributed by atoms with van der Waals surface area (Å²) in [4.78, 5) is 19.3. The van der Waals surface area contributed by atoms with Crippen molar-refractivity contribution in [2.45, 2.75) is 31.8 Å². The van der Waals surface area contributed by atoms with Crippen LogP contribution < -0.4 is 0 Å². The van der Waals surface area contributed by atoms with E-state index in [2.05, 4.69) is 34.2 Å². The number of rotatable bonds is 5. The van der Waals surface area contributed by atoms with E-state index in [0.717, 1.165) is 16.0 Å². The summed E-state index contributed by atoms with van der Waals surface area (Å²) in [5, 5.41) is 10.2. The first-order valence-corrected chi connectivity index (χ1v) is 10.2. The summed E-state index contributed by atoms with van der Waals surface area (Å²) in [7, 11) is 0. The van der Waals surface area contributed by atoms with E-state index in [4.69, 9.17) is 0 Å². The van der Waals surface area contributed by atoms with Gasteiger partial charge in [-0.25, -0.2) is 0 Å². The van der Waals surface area contributed by atoms with Crippen LogP contribution in [0.1, 0.15) is 23.6 Å². The summed E-state index contributed by atoms with van der Waals surface area (Å²) in [5.41, 5.74) is 3.34. The average Bonchev–Trinajstić information content (AvgIpc) is 2.71. The number of amides is 1. The van der Waals surface area contributed by atoms with E-state index in [0.29, 0.717) is 18.3 Å². The topological polar surface area (TPSA) is 52.9 Å². The second kappa shape index (κ2) is 9.94. The molecule has 0 bridgehead atoms. The highest BCUT2D eigenvalue weighted by molar-refractivity contribution is 8.13. The number of phenols is 1. The van der Waals surface area contributed by atoms with Crippen molar-refractivity contribution in [3.63, 3.8) is 0 Å². The third-order valence-corrected chi connectivity index (χ3v) is 5.32. The van der Waals surface area contributed by atoms with Crippen LogP contribution in [0, 0.1) is 6.92 Å². The lowest BCUT2D eigenvalue weighted by Crippen LogP contribution is -2.28. The van der Waals surface area contributed by atoms with Gasteiger partial charge in [-0.1, -0.05) is 71.9 Å². The van der Waals surface area contributed by atoms with Crippen LogP contribution in [0.5, 0.6) is 5.75 Å². The van der Waals surface area contributed by atoms with Crippen LogP contribution in [-0.4, -0.2) is 21.1 Å². The van der Waals surface area contributed by atoms with Crippen molar-refractivity contribution in [3.05, 3.63) is 95.6 Å². The lowest BCUT2D eigenvalue weighted by atomic mass is 10.2. The zero-order valence-corrected chi connectivity index (χ0v) is 17.4. The first kappa shape index (κ1) is 20.7. The summed E-state index contributed by atoms with van der Waals surface area (Å²) < 4.78 is 0. The van der Waals surface area contributed by atoms with Gasteiger partial charge in [0.1, 0.15) is 5.75 Å². The number of aliphatic imine (C=N–C) groups is 1. The fourth-order valence-electron chi connectivity index (χ4n) is 2.82. The number of hydrogen-bond acceptors (Lipinski definition) is 3. The summed E-state index contributed by atoms with van der Waals surface area (Å²) in [6.07, 6.45) is 0. The third kappa shape index (κ3) is 6.50. The van der Waals surface area contributed by atoms with Gasteiger partial charge >= 0.3 is 0 Å². The summed E-state index contributed by atoms with van der Waals surface area (Å²) in [5.74, 6) is -0.00149. The molecule has 3 aromatic rings. The van der Waals surface area contributed by atoms with Gasteiger partial charge in [-0.05, 0) is 42.3 Å². The third-order valence-electron chi connectivity index (χ3n) is 4.28. The zero-order valence-electron chi connectivity index (χ0n) is 16.6. The Bertz CT molecular complexity index is 968. The van der Waals surface area contributed by atoms with Gasteiger partial charge in [0.25, 0.3) is 0 Å². The number of phenolic OH excluding ortho intramolecular Hbond substituents is 1. The molecule has 0 saturated carbocycles. The Balaban J connectivity index is 1.92. The summed E-state index contributed by atoms with van der Waals surface area (Å²) >= 11 is 1.48. The van der Waals surface area contributed by atoms with Gasteiger partial charge in [0, 0.05) is 24.9 Å². The van der Waals surface area contributed by atoms with Gasteiger partial charge in [-0.2, -0.15) is 4.99 Å². The Morgan fingerprint density at radius 1 is 0.897 bits per heavy atom. The van der Waals surface area contributed by atoms with E-state index < -0.39 is 0 Å². The second-order valence-corrected chi connectivity index (χ2v) is 7.88. The van der Waals surface area contributed by atoms with E-state index in [1.807, 2.05) is 49.4 Å². The van der Waals surface area contributed by atoms with Gasteiger partial charge < -0.3 is 10.0 Å². The SMILES string of the molecule is CC(=O)N=C(Sc1ccc(C)cc1)N(Cc1ccccc1)Cc1ccc(O)cc1. The molecule has 148 valence electrons. The standard InChI is InChI=1S/C24H24N2O2S/c1-18-8-14-23(15-9-18)29-24(25-19(2)27)26(16-20-6-4-3-5-7-20)17-21-10-12-22(28)13-11-21/h3-15,28H,16-17H2,1-2H3. The number of thioether (sulfide) groups is 1. The molecule has 29 heavy (non-hydrogen) atoms. The Hall–Kier alpha value is -3.05. The number of nitrogens with zero attached hydrogens (tertiary/aromatic N) is 2. The largest absolute Gasteiger partial charge is 0.508 e. The molecule has 3 rings (SSSR count). The molecule has 1 N–H and O–H groups in total. The maximum absolute atomic E-state index is 11.9. The highest BCUT2D eigenvalue weighted by Crippen LogP contribution is 2.25. The molecular formula is C24H24N2O2S. The average molecular weight is 405 g/mol. The first-order chi connectivity index (χ1) is 14.0. The van der Waals surface area contributed by atoms with Gasteiger partial charge in [-0.3, -0.25) is 4.79 Å². The molecule has 0 radical (unpaired) electrons. The van der Waals surface area contributed by atoms with Crippen LogP contribution >= 0.6 is 11.8 Å². The Morgan fingerprint density at radius 3 is 2.07 bits per heavy atom. The molecule has 3 aromatic carbocycles. The van der Waals surface area contributed by atoms with Gasteiger partial charge in [0.2, 0.25) is 5.91 Å². The first-order valence-electron chi connectivity index (χ1n) is 9.40. The number of aryl methyl sites for hydroxylation is 1. The monoisotopic (exact) mass is 404 g/mol. The Labute approximate surface area is 175 Å². The zero-order chi connectivity index (χ0) is 20.6. The van der Waals surface area contributed by atoms with Crippen LogP contribution in [0.3, 0.4) is 0 Å². The van der Waals surface area contributed by atoms with Crippen molar-refractivity contribution in [3.8, 4) is 5.75 Å². The normalized spacial score (nSPS) is 11.3. The van der Waals surface area contributed by atoms with Gasteiger partial charge in [-0.15, -0.1) is 0 Å². The molecule has 0 aliphatic rings. The van der Waals surface area contributed by atoms with Crippen molar-refractivity contribution in [1.82, 2.24) is 4.90 Å². The molecule has 0 aromatic heterocycles. The number of amidine groups is 1. The predicted octanol–water partition coefficient (Wildman–Crippen LogP) is 5.40. The molecule has 4 nitrogen and oxygen atoms in total. The molecule has 5 heteroatoms. The minimum absolute atomic E-state index is 0.231. The molecule has 0 spiro atoms. The molecule has 1 amide bonds. The van der Waals surface area contributed by atoms with Crippen molar-refractivity contribution in [2.24, 2.45) is 4.99 Å². The van der Waals surface area contributed by atoms with E-state index in [1.165, 1.54) is 24.2 Å². The maximum atomic E-state index is 11.9. The van der Waals surface area contributed by atoms with Crippen LogP contribution in [0.4, 0.5) is 0 Å². The van der Waals surface area contributed by atoms with Crippen molar-refractivity contribution < 1.29 is 9.90 Å². The quantitative estimate of drug-likeness (QED) is 0.352. The van der Waals surface area contributed by atoms with Crippen molar-refractivity contribution >= 4 is 22.8 Å².